The van der Waals surface area contributed by atoms with Crippen molar-refractivity contribution in [3.05, 3.63) is 30.1 Å². The third kappa shape index (κ3) is 2.12. The highest BCUT2D eigenvalue weighted by Gasteiger charge is 2.40. The monoisotopic (exact) mass is 236 g/mol. The van der Waals surface area contributed by atoms with E-state index in [1.165, 1.54) is 4.90 Å². The average Bonchev–Trinajstić information content (AvgIpc) is 2.33. The van der Waals surface area contributed by atoms with Gasteiger partial charge in [0, 0.05) is 19.4 Å². The Balaban J connectivity index is 2.37. The van der Waals surface area contributed by atoms with Crippen LogP contribution >= 0.6 is 0 Å². The smallest absolute Gasteiger partial charge is 0.335 e. The second-order valence-electron chi connectivity index (χ2n) is 3.81. The van der Waals surface area contributed by atoms with E-state index in [1.54, 1.807) is 31.6 Å². The standard InChI is InChI=1S/C11H12N2O4/c1-13-8(14)6-17-10(11(15)16)9(13)7-3-2-4-12-5-7/h2-5,9-10H,6H2,1H3,(H,15,16)/t9-,10+/m1/s1. The molecule has 2 heterocycles. The molecule has 1 N–H and O–H groups in total. The maximum absolute atomic E-state index is 11.5. The van der Waals surface area contributed by atoms with E-state index in [-0.39, 0.29) is 12.5 Å². The highest BCUT2D eigenvalue weighted by atomic mass is 16.5. The summed E-state index contributed by atoms with van der Waals surface area (Å²) in [5, 5.41) is 9.09. The summed E-state index contributed by atoms with van der Waals surface area (Å²) in [7, 11) is 1.57. The molecule has 1 amide bonds. The fourth-order valence-electron chi connectivity index (χ4n) is 1.87. The summed E-state index contributed by atoms with van der Waals surface area (Å²) in [6.45, 7) is -0.204. The van der Waals surface area contributed by atoms with Crippen LogP contribution in [0.1, 0.15) is 11.6 Å². The van der Waals surface area contributed by atoms with Crippen LogP contribution in [-0.2, 0) is 14.3 Å². The van der Waals surface area contributed by atoms with Crippen LogP contribution in [0.4, 0.5) is 0 Å². The summed E-state index contributed by atoms with van der Waals surface area (Å²) in [5.41, 5.74) is 0.649. The van der Waals surface area contributed by atoms with Crippen molar-refractivity contribution in [2.75, 3.05) is 13.7 Å². The lowest BCUT2D eigenvalue weighted by molar-refractivity contribution is -0.171. The van der Waals surface area contributed by atoms with E-state index in [0.717, 1.165) is 0 Å². The fourth-order valence-corrected chi connectivity index (χ4v) is 1.87. The maximum Gasteiger partial charge on any atom is 0.335 e. The molecule has 0 saturated carbocycles. The number of aliphatic carboxylic acids is 1. The minimum atomic E-state index is -1.08. The van der Waals surface area contributed by atoms with E-state index < -0.39 is 18.1 Å². The number of nitrogens with zero attached hydrogens (tertiary/aromatic N) is 2. The molecule has 17 heavy (non-hydrogen) atoms. The lowest BCUT2D eigenvalue weighted by atomic mass is 10.00. The molecule has 0 aliphatic carbocycles. The predicted octanol–water partition coefficient (Wildman–Crippen LogP) is 0.0645. The van der Waals surface area contributed by atoms with Gasteiger partial charge in [0.05, 0.1) is 6.04 Å². The molecule has 2 rings (SSSR count). The van der Waals surface area contributed by atoms with Crippen LogP contribution in [0, 0.1) is 0 Å². The number of aromatic nitrogens is 1. The van der Waals surface area contributed by atoms with Gasteiger partial charge in [-0.15, -0.1) is 0 Å². The third-order valence-electron chi connectivity index (χ3n) is 2.75. The number of carbonyl (C=O) groups is 2. The van der Waals surface area contributed by atoms with Crippen molar-refractivity contribution >= 4 is 11.9 Å². The SMILES string of the molecule is CN1C(=O)CO[C@H](C(=O)O)[C@H]1c1cccnc1. The summed E-state index contributed by atoms with van der Waals surface area (Å²) >= 11 is 0. The van der Waals surface area contributed by atoms with Gasteiger partial charge in [-0.3, -0.25) is 9.78 Å². The summed E-state index contributed by atoms with van der Waals surface area (Å²) < 4.78 is 5.07. The summed E-state index contributed by atoms with van der Waals surface area (Å²) in [5.74, 6) is -1.32. The Bertz CT molecular complexity index is 434. The molecule has 2 atom stereocenters. The van der Waals surface area contributed by atoms with Crippen LogP contribution in [0.2, 0.25) is 0 Å². The number of carboxylic acids is 1. The Morgan fingerprint density at radius 1 is 1.65 bits per heavy atom. The Labute approximate surface area is 97.8 Å². The van der Waals surface area contributed by atoms with Gasteiger partial charge in [-0.1, -0.05) is 6.07 Å². The van der Waals surface area contributed by atoms with Gasteiger partial charge in [-0.25, -0.2) is 4.79 Å². The Kier molecular flexibility index (Phi) is 3.06. The van der Waals surface area contributed by atoms with Crippen molar-refractivity contribution in [3.8, 4) is 0 Å². The number of ether oxygens (including phenoxy) is 1. The minimum Gasteiger partial charge on any atom is -0.479 e. The van der Waals surface area contributed by atoms with Gasteiger partial charge in [-0.2, -0.15) is 0 Å². The van der Waals surface area contributed by atoms with E-state index >= 15 is 0 Å². The van der Waals surface area contributed by atoms with Gasteiger partial charge in [0.2, 0.25) is 5.91 Å². The molecule has 1 fully saturated rings. The number of hydrogen-bond acceptors (Lipinski definition) is 4. The van der Waals surface area contributed by atoms with Gasteiger partial charge in [0.1, 0.15) is 6.61 Å². The molecule has 0 spiro atoms. The quantitative estimate of drug-likeness (QED) is 0.785. The van der Waals surface area contributed by atoms with Crippen molar-refractivity contribution in [2.24, 2.45) is 0 Å². The topological polar surface area (TPSA) is 79.7 Å². The molecule has 0 radical (unpaired) electrons. The number of carbonyl (C=O) groups excluding carboxylic acids is 1. The molecule has 0 aromatic carbocycles. The molecule has 90 valence electrons. The molecule has 1 aromatic rings. The Morgan fingerprint density at radius 2 is 2.41 bits per heavy atom. The number of hydrogen-bond donors (Lipinski definition) is 1. The second kappa shape index (κ2) is 4.50. The first-order valence-corrected chi connectivity index (χ1v) is 5.11. The number of rotatable bonds is 2. The predicted molar refractivity (Wildman–Crippen MR) is 57.1 cm³/mol. The van der Waals surface area contributed by atoms with Crippen molar-refractivity contribution in [1.29, 1.82) is 0 Å². The fraction of sp³-hybridized carbons (Fsp3) is 0.364. The lowest BCUT2D eigenvalue weighted by Crippen LogP contribution is -2.50. The molecular weight excluding hydrogens is 224 g/mol. The summed E-state index contributed by atoms with van der Waals surface area (Å²) in [6.07, 6.45) is 2.08. The molecule has 6 nitrogen and oxygen atoms in total. The number of carboxylic acid groups (broad SMARTS) is 1. The van der Waals surface area contributed by atoms with Gasteiger partial charge in [-0.05, 0) is 11.6 Å². The number of amides is 1. The molecule has 1 aromatic heterocycles. The zero-order chi connectivity index (χ0) is 12.4. The molecule has 1 aliphatic heterocycles. The molecular formula is C11H12N2O4. The Morgan fingerprint density at radius 3 is 3.00 bits per heavy atom. The van der Waals surface area contributed by atoms with Crippen LogP contribution < -0.4 is 0 Å². The zero-order valence-corrected chi connectivity index (χ0v) is 9.24. The van der Waals surface area contributed by atoms with E-state index in [0.29, 0.717) is 5.56 Å². The minimum absolute atomic E-state index is 0.204. The number of likely N-dealkylation sites (N-methyl/N-ethyl adjacent to an activating group) is 1. The maximum atomic E-state index is 11.5. The van der Waals surface area contributed by atoms with E-state index in [1.807, 2.05) is 0 Å². The van der Waals surface area contributed by atoms with Crippen molar-refractivity contribution in [3.63, 3.8) is 0 Å². The van der Waals surface area contributed by atoms with Gasteiger partial charge in [0.15, 0.2) is 6.10 Å². The van der Waals surface area contributed by atoms with Crippen LogP contribution in [0.3, 0.4) is 0 Å². The molecule has 1 saturated heterocycles. The van der Waals surface area contributed by atoms with E-state index in [2.05, 4.69) is 4.98 Å². The van der Waals surface area contributed by atoms with Crippen LogP contribution in [0.15, 0.2) is 24.5 Å². The van der Waals surface area contributed by atoms with E-state index in [4.69, 9.17) is 9.84 Å². The second-order valence-corrected chi connectivity index (χ2v) is 3.81. The average molecular weight is 236 g/mol. The van der Waals surface area contributed by atoms with Gasteiger partial charge < -0.3 is 14.7 Å². The molecule has 0 bridgehead atoms. The lowest BCUT2D eigenvalue weighted by Gasteiger charge is -2.36. The zero-order valence-electron chi connectivity index (χ0n) is 9.24. The largest absolute Gasteiger partial charge is 0.479 e. The van der Waals surface area contributed by atoms with Crippen LogP contribution in [0.25, 0.3) is 0 Å². The Hall–Kier alpha value is -1.95. The van der Waals surface area contributed by atoms with E-state index in [9.17, 15) is 9.59 Å². The van der Waals surface area contributed by atoms with Crippen molar-refractivity contribution < 1.29 is 19.4 Å². The van der Waals surface area contributed by atoms with Gasteiger partial charge in [0.25, 0.3) is 0 Å². The van der Waals surface area contributed by atoms with Crippen molar-refractivity contribution in [2.45, 2.75) is 12.1 Å². The number of pyridine rings is 1. The highest BCUT2D eigenvalue weighted by molar-refractivity contribution is 5.82. The summed E-state index contributed by atoms with van der Waals surface area (Å²) in [4.78, 5) is 28.0. The number of morpholine rings is 1. The van der Waals surface area contributed by atoms with Crippen LogP contribution in [-0.4, -0.2) is 46.6 Å². The first-order valence-electron chi connectivity index (χ1n) is 5.11. The summed E-state index contributed by atoms with van der Waals surface area (Å²) in [6, 6.07) is 2.79. The normalized spacial score (nSPS) is 24.8. The van der Waals surface area contributed by atoms with Crippen molar-refractivity contribution in [1.82, 2.24) is 9.88 Å². The first-order chi connectivity index (χ1) is 8.11. The third-order valence-corrected chi connectivity index (χ3v) is 2.75. The molecule has 1 aliphatic rings. The first kappa shape index (κ1) is 11.5. The van der Waals surface area contributed by atoms with Gasteiger partial charge >= 0.3 is 5.97 Å². The van der Waals surface area contributed by atoms with Crippen LogP contribution in [0.5, 0.6) is 0 Å². The molecule has 0 unspecified atom stereocenters. The molecule has 6 heteroatoms. The highest BCUT2D eigenvalue weighted by Crippen LogP contribution is 2.28.